The fourth-order valence-electron chi connectivity index (χ4n) is 6.08. The van der Waals surface area contributed by atoms with Crippen molar-refractivity contribution < 1.29 is 30.0 Å². The quantitative estimate of drug-likeness (QED) is 0.0657. The van der Waals surface area contributed by atoms with E-state index in [9.17, 15) is 9.90 Å². The molecule has 0 aliphatic rings. The van der Waals surface area contributed by atoms with Crippen LogP contribution >= 0.6 is 11.3 Å². The molecule has 3 nitrogen and oxygen atoms in total. The number of fused-ring (bicyclic) bond motifs is 4. The van der Waals surface area contributed by atoms with E-state index in [1.807, 2.05) is 59.1 Å². The molecule has 0 fully saturated rings. The van der Waals surface area contributed by atoms with Crippen LogP contribution in [0.4, 0.5) is 0 Å². The Morgan fingerprint density at radius 3 is 2.10 bits per heavy atom. The molecule has 0 aliphatic carbocycles. The number of aliphatic hydroxyl groups excluding tert-OH is 1. The minimum atomic E-state index is -1.97. The van der Waals surface area contributed by atoms with Gasteiger partial charge in [-0.15, -0.1) is 0 Å². The summed E-state index contributed by atoms with van der Waals surface area (Å²) in [6.07, 6.45) is 6.72. The Hall–Kier alpha value is -2.31. The van der Waals surface area contributed by atoms with Crippen LogP contribution in [0.3, 0.4) is 0 Å². The third-order valence-electron chi connectivity index (χ3n) is 10.5. The molecule has 259 valence electrons. The molecule has 3 aromatic carbocycles. The zero-order chi connectivity index (χ0) is 34.7. The van der Waals surface area contributed by atoms with E-state index in [1.54, 1.807) is 4.40 Å². The predicted molar refractivity (Wildman–Crippen MR) is 209 cm³/mol. The van der Waals surface area contributed by atoms with E-state index in [4.69, 9.17) is 4.98 Å². The van der Waals surface area contributed by atoms with Gasteiger partial charge < -0.3 is 5.11 Å². The van der Waals surface area contributed by atoms with Crippen LogP contribution in [-0.2, 0) is 24.9 Å². The molecule has 0 aliphatic heterocycles. The van der Waals surface area contributed by atoms with Crippen molar-refractivity contribution in [1.29, 1.82) is 0 Å². The number of allylic oxidation sites excluding steroid dienone is 2. The summed E-state index contributed by atoms with van der Waals surface area (Å²) in [6, 6.07) is 23.6. The van der Waals surface area contributed by atoms with Crippen molar-refractivity contribution in [3.8, 4) is 11.3 Å². The largest absolute Gasteiger partial charge is 0.512 e. The summed E-state index contributed by atoms with van der Waals surface area (Å²) in [5, 5.41) is 15.2. The molecular weight excluding hydrogens is 847 g/mol. The molecular formula is C42H54GeIrNO2S-. The number of nitrogens with zero attached hydrogens (tertiary/aromatic N) is 1. The van der Waals surface area contributed by atoms with Crippen LogP contribution in [0.15, 0.2) is 72.6 Å². The Kier molecular flexibility index (Phi) is 13.5. The van der Waals surface area contributed by atoms with Gasteiger partial charge in [0.25, 0.3) is 0 Å². The minimum Gasteiger partial charge on any atom is -0.512 e. The van der Waals surface area contributed by atoms with Gasteiger partial charge in [-0.05, 0) is 25.7 Å². The van der Waals surface area contributed by atoms with Gasteiger partial charge in [0.15, 0.2) is 5.78 Å². The normalized spacial score (nSPS) is 12.7. The van der Waals surface area contributed by atoms with Crippen LogP contribution in [0, 0.1) is 16.9 Å². The summed E-state index contributed by atoms with van der Waals surface area (Å²) < 4.78 is 4.37. The number of thiophene rings is 1. The molecule has 1 N–H and O–H groups in total. The van der Waals surface area contributed by atoms with E-state index in [-0.39, 0.29) is 42.5 Å². The van der Waals surface area contributed by atoms with E-state index >= 15 is 0 Å². The van der Waals surface area contributed by atoms with Gasteiger partial charge in [-0.25, -0.2) is 0 Å². The summed E-state index contributed by atoms with van der Waals surface area (Å²) in [5.41, 5.74) is 2.92. The monoisotopic (exact) mass is 903 g/mol. The predicted octanol–water partition coefficient (Wildman–Crippen LogP) is 12.4. The van der Waals surface area contributed by atoms with Gasteiger partial charge in [-0.1, -0.05) is 41.5 Å². The van der Waals surface area contributed by atoms with Gasteiger partial charge in [0.1, 0.15) is 5.76 Å². The molecule has 5 aromatic rings. The van der Waals surface area contributed by atoms with Gasteiger partial charge in [0, 0.05) is 37.0 Å². The van der Waals surface area contributed by atoms with Crippen molar-refractivity contribution in [3.05, 3.63) is 84.3 Å². The fourth-order valence-corrected chi connectivity index (χ4v) is 12.1. The van der Waals surface area contributed by atoms with Crippen LogP contribution in [0.25, 0.3) is 42.2 Å². The first-order valence-corrected chi connectivity index (χ1v) is 25.5. The van der Waals surface area contributed by atoms with Crippen molar-refractivity contribution in [2.75, 3.05) is 0 Å². The second-order valence-corrected chi connectivity index (χ2v) is 26.5. The first-order valence-electron chi connectivity index (χ1n) is 17.4. The van der Waals surface area contributed by atoms with Gasteiger partial charge in [-0.3, -0.25) is 4.79 Å². The third kappa shape index (κ3) is 8.18. The van der Waals surface area contributed by atoms with Crippen molar-refractivity contribution >= 4 is 65.7 Å². The third-order valence-corrected chi connectivity index (χ3v) is 16.4. The molecule has 0 amide bonds. The van der Waals surface area contributed by atoms with Crippen LogP contribution in [-0.4, -0.2) is 29.1 Å². The van der Waals surface area contributed by atoms with Crippen molar-refractivity contribution in [1.82, 2.24) is 4.98 Å². The second kappa shape index (κ2) is 16.1. The van der Waals surface area contributed by atoms with Gasteiger partial charge in [0.2, 0.25) is 0 Å². The number of pyridine rings is 1. The number of aliphatic hydroxyl groups is 1. The summed E-state index contributed by atoms with van der Waals surface area (Å²) in [6.45, 7) is 16.6. The van der Waals surface area contributed by atoms with Crippen LogP contribution < -0.4 is 4.40 Å². The number of aromatic nitrogens is 1. The van der Waals surface area contributed by atoms with Crippen LogP contribution in [0.5, 0.6) is 0 Å². The van der Waals surface area contributed by atoms with E-state index in [0.717, 1.165) is 36.9 Å². The molecule has 0 saturated carbocycles. The van der Waals surface area contributed by atoms with Gasteiger partial charge >= 0.3 is 186 Å². The second-order valence-electron chi connectivity index (χ2n) is 14.8. The molecule has 0 atom stereocenters. The Labute approximate surface area is 309 Å². The zero-order valence-corrected chi connectivity index (χ0v) is 36.1. The molecule has 1 radical (unpaired) electrons. The number of hydrogen-bond acceptors (Lipinski definition) is 4. The average Bonchev–Trinajstić information content (AvgIpc) is 3.45. The van der Waals surface area contributed by atoms with E-state index < -0.39 is 13.3 Å². The molecule has 2 aromatic heterocycles. The Bertz CT molecular complexity index is 1910. The number of carbonyl (C=O) groups is 1. The smallest absolute Gasteiger partial charge is 0.164 e. The van der Waals surface area contributed by atoms with Crippen LogP contribution in [0.2, 0.25) is 17.3 Å². The average molecular weight is 902 g/mol. The molecule has 0 unspecified atom stereocenters. The summed E-state index contributed by atoms with van der Waals surface area (Å²) in [4.78, 5) is 17.1. The number of rotatable bonds is 10. The van der Waals surface area contributed by atoms with Gasteiger partial charge in [-0.2, -0.15) is 0 Å². The molecule has 0 spiro atoms. The molecule has 0 bridgehead atoms. The molecule has 0 saturated heterocycles. The maximum absolute atomic E-state index is 12.2. The Balaban J connectivity index is 0.000000301. The standard InChI is InChI=1S/C27H26GeNS.C15H28O2.Ir/c1-17(2)22-16-19(15-18-9-6-7-10-20(18)22)26-25-21-11-8-12-23(28(3,4)5)27(21)30-24(25)13-14-29-26;1-7-14(5,8-2)12(16)11-13(17)15(6,9-3)10-4;/h6-14,16-17H,1-5H3;11,16H,7-10H2,1-6H3;/q-1;;/b;12-11-;. The van der Waals surface area contributed by atoms with E-state index in [1.165, 1.54) is 42.6 Å². The summed E-state index contributed by atoms with van der Waals surface area (Å²) in [7, 11) is 0. The van der Waals surface area contributed by atoms with Crippen molar-refractivity contribution in [2.24, 2.45) is 10.8 Å². The van der Waals surface area contributed by atoms with E-state index in [2.05, 4.69) is 91.8 Å². The van der Waals surface area contributed by atoms with Crippen LogP contribution in [0.1, 0.15) is 92.6 Å². The minimum absolute atomic E-state index is 0. The van der Waals surface area contributed by atoms with Crippen molar-refractivity contribution in [2.45, 2.75) is 104 Å². The maximum atomic E-state index is 12.2. The SMILES string of the molecule is CC(C)c1cc(-c2nccc3sc4[c]([Ge]([CH3])([CH3])[CH3])cccc4c23)[c-]c2ccccc12.CCC(C)(CC)C(=O)/C=C(\O)C(C)(CC)CC.[Ir]. The topological polar surface area (TPSA) is 50.2 Å². The molecule has 6 heteroatoms. The van der Waals surface area contributed by atoms with Crippen molar-refractivity contribution in [3.63, 3.8) is 0 Å². The summed E-state index contributed by atoms with van der Waals surface area (Å²) in [5.74, 6) is 8.16. The number of benzene rings is 3. The summed E-state index contributed by atoms with van der Waals surface area (Å²) >= 11 is -0.0432. The maximum Gasteiger partial charge on any atom is 0.164 e. The zero-order valence-electron chi connectivity index (χ0n) is 30.8. The first-order chi connectivity index (χ1) is 22.1. The molecule has 48 heavy (non-hydrogen) atoms. The number of ketones is 1. The first kappa shape index (κ1) is 40.1. The number of carbonyl (C=O) groups excluding carboxylic acids is 1. The number of hydrogen-bond donors (Lipinski definition) is 1. The van der Waals surface area contributed by atoms with Gasteiger partial charge in [0.05, 0.1) is 0 Å². The Morgan fingerprint density at radius 2 is 1.52 bits per heavy atom. The van der Waals surface area contributed by atoms with E-state index in [0.29, 0.717) is 5.92 Å². The molecule has 2 heterocycles. The fraction of sp³-hybridized carbons (Fsp3) is 0.429. The molecule has 5 rings (SSSR count). The Morgan fingerprint density at radius 1 is 0.917 bits per heavy atom.